The molecule has 4 rings (SSSR count). The SMILES string of the molecule is CS(=O)(=O)c1nc2nc(-c3cccnc3)c(-c3ccncc3F)cc2[nH]1. The van der Waals surface area contributed by atoms with Crippen LogP contribution in [0.2, 0.25) is 0 Å². The van der Waals surface area contributed by atoms with E-state index in [1.54, 1.807) is 30.6 Å². The number of imidazole rings is 1. The molecule has 0 unspecified atom stereocenters. The molecular weight excluding hydrogens is 357 g/mol. The van der Waals surface area contributed by atoms with Crippen molar-refractivity contribution in [3.05, 3.63) is 54.9 Å². The van der Waals surface area contributed by atoms with Gasteiger partial charge in [-0.05, 0) is 24.3 Å². The van der Waals surface area contributed by atoms with E-state index in [-0.39, 0.29) is 10.8 Å². The molecule has 0 fully saturated rings. The van der Waals surface area contributed by atoms with Gasteiger partial charge in [0.15, 0.2) is 5.65 Å². The molecule has 0 aliphatic rings. The summed E-state index contributed by atoms with van der Waals surface area (Å²) in [7, 11) is -3.53. The zero-order valence-electron chi connectivity index (χ0n) is 13.5. The molecular formula is C17H12FN5O2S. The third-order valence-electron chi connectivity index (χ3n) is 3.80. The number of aromatic amines is 1. The molecule has 7 nitrogen and oxygen atoms in total. The fraction of sp³-hybridized carbons (Fsp3) is 0.0588. The average molecular weight is 369 g/mol. The molecule has 0 radical (unpaired) electrons. The number of nitrogens with one attached hydrogen (secondary N) is 1. The number of fused-ring (bicyclic) bond motifs is 1. The summed E-state index contributed by atoms with van der Waals surface area (Å²) in [6, 6.07) is 6.69. The third-order valence-corrected chi connectivity index (χ3v) is 4.70. The van der Waals surface area contributed by atoms with Crippen LogP contribution in [0.1, 0.15) is 0 Å². The van der Waals surface area contributed by atoms with Gasteiger partial charge in [-0.25, -0.2) is 17.8 Å². The van der Waals surface area contributed by atoms with Gasteiger partial charge >= 0.3 is 0 Å². The second-order valence-electron chi connectivity index (χ2n) is 5.67. The molecule has 0 amide bonds. The fourth-order valence-corrected chi connectivity index (χ4v) is 3.17. The highest BCUT2D eigenvalue weighted by molar-refractivity contribution is 7.90. The third kappa shape index (κ3) is 2.82. The molecule has 130 valence electrons. The first kappa shape index (κ1) is 16.3. The molecule has 0 aliphatic carbocycles. The van der Waals surface area contributed by atoms with Crippen molar-refractivity contribution < 1.29 is 12.8 Å². The summed E-state index contributed by atoms with van der Waals surface area (Å²) in [5.74, 6) is -0.512. The lowest BCUT2D eigenvalue weighted by Crippen LogP contribution is -1.98. The van der Waals surface area contributed by atoms with Gasteiger partial charge in [0.1, 0.15) is 5.82 Å². The summed E-state index contributed by atoms with van der Waals surface area (Å²) in [6.07, 6.45) is 6.86. The highest BCUT2D eigenvalue weighted by Crippen LogP contribution is 2.33. The van der Waals surface area contributed by atoms with Crippen LogP contribution in [0.25, 0.3) is 33.5 Å². The topological polar surface area (TPSA) is 101 Å². The Hall–Kier alpha value is -3.20. The standard InChI is InChI=1S/C17H12FN5O2S/c1-26(24,25)17-21-14-7-12(11-4-6-20-9-13(11)18)15(22-16(14)23-17)10-3-2-5-19-8-10/h2-9H,1H3,(H,21,22,23). The maximum absolute atomic E-state index is 14.3. The van der Waals surface area contributed by atoms with Gasteiger partial charge in [-0.15, -0.1) is 0 Å². The number of aromatic nitrogens is 5. The van der Waals surface area contributed by atoms with Gasteiger partial charge in [0, 0.05) is 41.5 Å². The number of hydrogen-bond acceptors (Lipinski definition) is 6. The van der Waals surface area contributed by atoms with E-state index in [1.165, 1.54) is 12.3 Å². The van der Waals surface area contributed by atoms with E-state index in [2.05, 4.69) is 24.9 Å². The van der Waals surface area contributed by atoms with Crippen molar-refractivity contribution in [3.8, 4) is 22.4 Å². The van der Waals surface area contributed by atoms with Crippen LogP contribution in [0, 0.1) is 5.82 Å². The first-order chi connectivity index (χ1) is 12.4. The molecule has 4 aromatic heterocycles. The maximum atomic E-state index is 14.3. The number of hydrogen-bond donors (Lipinski definition) is 1. The van der Waals surface area contributed by atoms with Crippen LogP contribution in [-0.2, 0) is 9.84 Å². The first-order valence-corrected chi connectivity index (χ1v) is 9.44. The van der Waals surface area contributed by atoms with Gasteiger partial charge in [-0.1, -0.05) is 0 Å². The van der Waals surface area contributed by atoms with Crippen LogP contribution in [0.5, 0.6) is 0 Å². The van der Waals surface area contributed by atoms with E-state index in [0.29, 0.717) is 27.9 Å². The van der Waals surface area contributed by atoms with Crippen molar-refractivity contribution >= 4 is 21.0 Å². The molecule has 0 saturated heterocycles. The number of H-pyrrole nitrogens is 1. The van der Waals surface area contributed by atoms with Crippen LogP contribution in [0.15, 0.2) is 54.2 Å². The zero-order chi connectivity index (χ0) is 18.3. The van der Waals surface area contributed by atoms with E-state index >= 15 is 0 Å². The van der Waals surface area contributed by atoms with Crippen LogP contribution < -0.4 is 0 Å². The van der Waals surface area contributed by atoms with Crippen molar-refractivity contribution in [1.29, 1.82) is 0 Å². The summed E-state index contributed by atoms with van der Waals surface area (Å²) in [6.45, 7) is 0. The van der Waals surface area contributed by atoms with Crippen LogP contribution >= 0.6 is 0 Å². The zero-order valence-corrected chi connectivity index (χ0v) is 14.3. The Morgan fingerprint density at radius 3 is 2.54 bits per heavy atom. The van der Waals surface area contributed by atoms with Gasteiger partial charge in [0.25, 0.3) is 0 Å². The molecule has 4 heterocycles. The van der Waals surface area contributed by atoms with Gasteiger partial charge in [0.05, 0.1) is 17.4 Å². The van der Waals surface area contributed by atoms with Crippen LogP contribution in [0.4, 0.5) is 4.39 Å². The number of halogens is 1. The Morgan fingerprint density at radius 1 is 1.04 bits per heavy atom. The van der Waals surface area contributed by atoms with Crippen LogP contribution in [-0.4, -0.2) is 39.6 Å². The Balaban J connectivity index is 2.06. The molecule has 0 bridgehead atoms. The quantitative estimate of drug-likeness (QED) is 0.596. The largest absolute Gasteiger partial charge is 0.327 e. The van der Waals surface area contributed by atoms with E-state index < -0.39 is 15.7 Å². The minimum absolute atomic E-state index is 0.190. The van der Waals surface area contributed by atoms with Crippen molar-refractivity contribution in [2.45, 2.75) is 5.16 Å². The minimum atomic E-state index is -3.53. The van der Waals surface area contributed by atoms with Gasteiger partial charge < -0.3 is 4.98 Å². The lowest BCUT2D eigenvalue weighted by Gasteiger charge is -2.09. The lowest BCUT2D eigenvalue weighted by molar-refractivity contribution is 0.595. The van der Waals surface area contributed by atoms with Crippen molar-refractivity contribution in [3.63, 3.8) is 0 Å². The molecule has 0 aromatic carbocycles. The molecule has 26 heavy (non-hydrogen) atoms. The highest BCUT2D eigenvalue weighted by atomic mass is 32.2. The van der Waals surface area contributed by atoms with Gasteiger partial charge in [-0.3, -0.25) is 9.97 Å². The van der Waals surface area contributed by atoms with Crippen molar-refractivity contribution in [2.75, 3.05) is 6.26 Å². The summed E-state index contributed by atoms with van der Waals surface area (Å²) >= 11 is 0. The normalized spacial score (nSPS) is 11.8. The average Bonchev–Trinajstić information content (AvgIpc) is 3.05. The predicted octanol–water partition coefficient (Wildman–Crippen LogP) is 2.62. The lowest BCUT2D eigenvalue weighted by atomic mass is 10.0. The molecule has 1 N–H and O–H groups in total. The van der Waals surface area contributed by atoms with E-state index in [0.717, 1.165) is 12.5 Å². The Kier molecular flexibility index (Phi) is 3.73. The van der Waals surface area contributed by atoms with E-state index in [9.17, 15) is 12.8 Å². The highest BCUT2D eigenvalue weighted by Gasteiger charge is 2.19. The molecule has 9 heteroatoms. The Bertz CT molecular complexity index is 1220. The predicted molar refractivity (Wildman–Crippen MR) is 93.4 cm³/mol. The molecule has 0 aliphatic heterocycles. The molecule has 4 aromatic rings. The summed E-state index contributed by atoms with van der Waals surface area (Å²) in [5, 5.41) is -0.190. The second kappa shape index (κ2) is 5.95. The summed E-state index contributed by atoms with van der Waals surface area (Å²) in [5.41, 5.74) is 2.50. The van der Waals surface area contributed by atoms with Gasteiger partial charge in [0.2, 0.25) is 15.0 Å². The van der Waals surface area contributed by atoms with Gasteiger partial charge in [-0.2, -0.15) is 4.98 Å². The first-order valence-electron chi connectivity index (χ1n) is 7.54. The fourth-order valence-electron chi connectivity index (χ4n) is 2.62. The smallest absolute Gasteiger partial charge is 0.227 e. The van der Waals surface area contributed by atoms with E-state index in [1.807, 2.05) is 0 Å². The number of rotatable bonds is 3. The van der Waals surface area contributed by atoms with Crippen molar-refractivity contribution in [2.24, 2.45) is 0 Å². The van der Waals surface area contributed by atoms with Crippen LogP contribution in [0.3, 0.4) is 0 Å². The molecule has 0 spiro atoms. The summed E-state index contributed by atoms with van der Waals surface area (Å²) in [4.78, 5) is 19.1. The van der Waals surface area contributed by atoms with E-state index in [4.69, 9.17) is 0 Å². The molecule has 0 saturated carbocycles. The number of nitrogens with zero attached hydrogens (tertiary/aromatic N) is 4. The summed E-state index contributed by atoms with van der Waals surface area (Å²) < 4.78 is 37.9. The molecule has 0 atom stereocenters. The Morgan fingerprint density at radius 2 is 1.85 bits per heavy atom. The number of pyridine rings is 3. The van der Waals surface area contributed by atoms with Crippen molar-refractivity contribution in [1.82, 2.24) is 24.9 Å². The Labute approximate surface area is 147 Å². The number of sulfone groups is 1. The maximum Gasteiger partial charge on any atom is 0.227 e. The second-order valence-corrected chi connectivity index (χ2v) is 7.60. The monoisotopic (exact) mass is 369 g/mol. The minimum Gasteiger partial charge on any atom is -0.327 e.